The molecule has 9 heteroatoms. The van der Waals surface area contributed by atoms with E-state index in [0.717, 1.165) is 5.75 Å². The molecule has 0 amide bonds. The standard InChI is InChI=1S/C15H25ClO7S/c1-6-24-13-12(21-10(17)7-16)11-9(8-20-13)22-14(2,18-4)15(3,19-5)23-11/h9,11-13H,6-8H2,1-5H3/t9-,11+,12-,13+,14?,15?/m1/s1. The van der Waals surface area contributed by atoms with E-state index in [4.69, 9.17) is 40.0 Å². The number of alkyl halides is 1. The second kappa shape index (κ2) is 8.07. The van der Waals surface area contributed by atoms with Crippen LogP contribution in [-0.2, 0) is 33.2 Å². The van der Waals surface area contributed by atoms with Gasteiger partial charge in [-0.1, -0.05) is 6.92 Å². The van der Waals surface area contributed by atoms with Crippen LogP contribution < -0.4 is 0 Å². The summed E-state index contributed by atoms with van der Waals surface area (Å²) in [6.45, 7) is 5.76. The molecule has 2 aliphatic rings. The third kappa shape index (κ3) is 3.70. The summed E-state index contributed by atoms with van der Waals surface area (Å²) in [5.74, 6) is -2.27. The van der Waals surface area contributed by atoms with Crippen LogP contribution >= 0.6 is 23.4 Å². The van der Waals surface area contributed by atoms with Crippen LogP contribution in [0.15, 0.2) is 0 Å². The minimum atomic E-state index is -1.17. The minimum Gasteiger partial charge on any atom is -0.455 e. The molecule has 0 spiro atoms. The molecule has 0 N–H and O–H groups in total. The molecular formula is C15H25ClO7S. The van der Waals surface area contributed by atoms with Gasteiger partial charge in [0.2, 0.25) is 11.6 Å². The van der Waals surface area contributed by atoms with Gasteiger partial charge in [0.1, 0.15) is 23.5 Å². The molecule has 140 valence electrons. The summed E-state index contributed by atoms with van der Waals surface area (Å²) in [5.41, 5.74) is -0.361. The van der Waals surface area contributed by atoms with E-state index < -0.39 is 35.9 Å². The van der Waals surface area contributed by atoms with E-state index in [1.165, 1.54) is 26.0 Å². The highest BCUT2D eigenvalue weighted by atomic mass is 35.5. The fourth-order valence-electron chi connectivity index (χ4n) is 2.83. The molecule has 24 heavy (non-hydrogen) atoms. The van der Waals surface area contributed by atoms with Gasteiger partial charge in [-0.05, 0) is 19.6 Å². The van der Waals surface area contributed by atoms with E-state index in [-0.39, 0.29) is 11.3 Å². The van der Waals surface area contributed by atoms with E-state index in [1.807, 2.05) is 6.92 Å². The van der Waals surface area contributed by atoms with E-state index in [2.05, 4.69) is 0 Å². The van der Waals surface area contributed by atoms with Crippen LogP contribution in [0, 0.1) is 0 Å². The summed E-state index contributed by atoms with van der Waals surface area (Å²) in [6, 6.07) is 0. The number of thioether (sulfide) groups is 1. The van der Waals surface area contributed by atoms with Gasteiger partial charge < -0.3 is 28.4 Å². The second-order valence-corrected chi connectivity index (χ2v) is 7.43. The predicted octanol–water partition coefficient (Wildman–Crippen LogP) is 1.76. The van der Waals surface area contributed by atoms with Crippen molar-refractivity contribution in [3.63, 3.8) is 0 Å². The van der Waals surface area contributed by atoms with Crippen LogP contribution in [0.3, 0.4) is 0 Å². The lowest BCUT2D eigenvalue weighted by Gasteiger charge is -2.55. The SMILES string of the molecule is CCS[C@@H]1OC[C@H]2OC(C)(OC)C(C)(OC)O[C@@H]2[C@H]1OC(=O)CCl. The van der Waals surface area contributed by atoms with Crippen molar-refractivity contribution < 1.29 is 33.2 Å². The van der Waals surface area contributed by atoms with Crippen molar-refractivity contribution in [2.45, 2.75) is 56.1 Å². The molecule has 0 aliphatic carbocycles. The Bertz CT molecular complexity index is 454. The topological polar surface area (TPSA) is 72.5 Å². The van der Waals surface area contributed by atoms with Crippen LogP contribution in [0.1, 0.15) is 20.8 Å². The van der Waals surface area contributed by atoms with Gasteiger partial charge in [0, 0.05) is 14.2 Å². The molecule has 0 bridgehead atoms. The fraction of sp³-hybridized carbons (Fsp3) is 0.933. The Balaban J connectivity index is 2.28. The molecule has 2 unspecified atom stereocenters. The minimum absolute atomic E-state index is 0.240. The maximum absolute atomic E-state index is 11.7. The highest BCUT2D eigenvalue weighted by molar-refractivity contribution is 7.99. The first kappa shape index (κ1) is 20.2. The molecule has 2 aliphatic heterocycles. The first-order valence-electron chi connectivity index (χ1n) is 7.78. The zero-order valence-electron chi connectivity index (χ0n) is 14.6. The number of carbonyl (C=O) groups excluding carboxylic acids is 1. The molecule has 0 aromatic rings. The van der Waals surface area contributed by atoms with Crippen LogP contribution in [0.4, 0.5) is 0 Å². The normalized spacial score (nSPS) is 42.4. The van der Waals surface area contributed by atoms with Crippen molar-refractivity contribution in [3.05, 3.63) is 0 Å². The largest absolute Gasteiger partial charge is 0.455 e. The summed E-state index contributed by atoms with van der Waals surface area (Å²) < 4.78 is 34.6. The molecule has 2 heterocycles. The molecule has 0 radical (unpaired) electrons. The zero-order valence-corrected chi connectivity index (χ0v) is 16.1. The number of carbonyl (C=O) groups is 1. The number of methoxy groups -OCH3 is 2. The smallest absolute Gasteiger partial charge is 0.321 e. The third-order valence-electron chi connectivity index (χ3n) is 4.43. The van der Waals surface area contributed by atoms with E-state index in [9.17, 15) is 4.79 Å². The Morgan fingerprint density at radius 2 is 1.88 bits per heavy atom. The van der Waals surface area contributed by atoms with Gasteiger partial charge in [0.05, 0.1) is 6.61 Å². The molecular weight excluding hydrogens is 360 g/mol. The first-order valence-corrected chi connectivity index (χ1v) is 9.37. The van der Waals surface area contributed by atoms with Gasteiger partial charge in [-0.15, -0.1) is 23.4 Å². The maximum atomic E-state index is 11.7. The molecule has 2 rings (SSSR count). The predicted molar refractivity (Wildman–Crippen MR) is 89.0 cm³/mol. The molecule has 0 saturated carbocycles. The van der Waals surface area contributed by atoms with Crippen molar-refractivity contribution in [1.82, 2.24) is 0 Å². The molecule has 2 fully saturated rings. The number of hydrogen-bond donors (Lipinski definition) is 0. The highest BCUT2D eigenvalue weighted by Crippen LogP contribution is 2.43. The maximum Gasteiger partial charge on any atom is 0.321 e. The number of halogens is 1. The summed E-state index contributed by atoms with van der Waals surface area (Å²) in [6.07, 6.45) is -1.67. The van der Waals surface area contributed by atoms with Crippen molar-refractivity contribution in [1.29, 1.82) is 0 Å². The van der Waals surface area contributed by atoms with Crippen molar-refractivity contribution in [3.8, 4) is 0 Å². The first-order chi connectivity index (χ1) is 11.3. The number of ether oxygens (including phenoxy) is 6. The van der Waals surface area contributed by atoms with Gasteiger partial charge in [0.15, 0.2) is 6.10 Å². The van der Waals surface area contributed by atoms with E-state index in [1.54, 1.807) is 13.8 Å². The summed E-state index contributed by atoms with van der Waals surface area (Å²) in [7, 11) is 3.03. The Labute approximate surface area is 151 Å². The lowest BCUT2D eigenvalue weighted by atomic mass is 9.99. The van der Waals surface area contributed by atoms with E-state index in [0.29, 0.717) is 6.61 Å². The Kier molecular flexibility index (Phi) is 6.80. The number of hydrogen-bond acceptors (Lipinski definition) is 8. The van der Waals surface area contributed by atoms with Gasteiger partial charge in [-0.3, -0.25) is 4.79 Å². The Morgan fingerprint density at radius 1 is 1.25 bits per heavy atom. The average molecular weight is 385 g/mol. The molecule has 0 aromatic heterocycles. The lowest BCUT2D eigenvalue weighted by Crippen LogP contribution is -2.70. The quantitative estimate of drug-likeness (QED) is 0.506. The van der Waals surface area contributed by atoms with Gasteiger partial charge >= 0.3 is 5.97 Å². The van der Waals surface area contributed by atoms with Gasteiger partial charge in [0.25, 0.3) is 0 Å². The van der Waals surface area contributed by atoms with Crippen molar-refractivity contribution in [2.24, 2.45) is 0 Å². The Hall–Kier alpha value is -0.0900. The lowest BCUT2D eigenvalue weighted by molar-refractivity contribution is -0.463. The molecule has 6 atom stereocenters. The summed E-state index contributed by atoms with van der Waals surface area (Å²) in [5, 5.41) is 0. The highest BCUT2D eigenvalue weighted by Gasteiger charge is 2.61. The average Bonchev–Trinajstić information content (AvgIpc) is 2.58. The van der Waals surface area contributed by atoms with Crippen LogP contribution in [-0.4, -0.2) is 73.8 Å². The number of esters is 1. The summed E-state index contributed by atoms with van der Waals surface area (Å²) in [4.78, 5) is 11.7. The van der Waals surface area contributed by atoms with Crippen LogP contribution in [0.5, 0.6) is 0 Å². The molecule has 7 nitrogen and oxygen atoms in total. The number of fused-ring (bicyclic) bond motifs is 1. The molecule has 2 saturated heterocycles. The third-order valence-corrected chi connectivity index (χ3v) is 5.72. The van der Waals surface area contributed by atoms with Crippen LogP contribution in [0.2, 0.25) is 0 Å². The Morgan fingerprint density at radius 3 is 2.42 bits per heavy atom. The second-order valence-electron chi connectivity index (χ2n) is 5.78. The van der Waals surface area contributed by atoms with Crippen LogP contribution in [0.25, 0.3) is 0 Å². The van der Waals surface area contributed by atoms with Crippen molar-refractivity contribution >= 4 is 29.3 Å². The fourth-order valence-corrected chi connectivity index (χ4v) is 3.80. The van der Waals surface area contributed by atoms with E-state index >= 15 is 0 Å². The monoisotopic (exact) mass is 384 g/mol. The number of rotatable bonds is 6. The molecule has 0 aromatic carbocycles. The van der Waals surface area contributed by atoms with Gasteiger partial charge in [-0.2, -0.15) is 0 Å². The summed E-state index contributed by atoms with van der Waals surface area (Å²) >= 11 is 7.12. The zero-order chi connectivity index (χ0) is 18.0. The van der Waals surface area contributed by atoms with Gasteiger partial charge in [-0.25, -0.2) is 0 Å². The van der Waals surface area contributed by atoms with Crippen molar-refractivity contribution in [2.75, 3.05) is 32.5 Å².